The minimum atomic E-state index is -3.13. The van der Waals surface area contributed by atoms with E-state index in [0.29, 0.717) is 0 Å². The topological polar surface area (TPSA) is 46.2 Å². The van der Waals surface area contributed by atoms with E-state index in [2.05, 4.69) is 20.7 Å². The number of sulfonamides is 1. The average Bonchev–Trinajstić information content (AvgIpc) is 2.31. The average molecular weight is 298 g/mol. The van der Waals surface area contributed by atoms with E-state index in [4.69, 9.17) is 0 Å². The second-order valence-electron chi connectivity index (χ2n) is 4.47. The van der Waals surface area contributed by atoms with Crippen molar-refractivity contribution in [3.63, 3.8) is 0 Å². The van der Waals surface area contributed by atoms with Crippen molar-refractivity contribution < 1.29 is 8.42 Å². The molecule has 1 fully saturated rings. The molecule has 3 nitrogen and oxygen atoms in total. The van der Waals surface area contributed by atoms with Crippen LogP contribution in [0.3, 0.4) is 0 Å². The third kappa shape index (κ3) is 4.04. The maximum Gasteiger partial charge on any atom is 0.214 e. The molecule has 0 saturated heterocycles. The summed E-state index contributed by atoms with van der Waals surface area (Å²) in [5.41, 5.74) is 0. The van der Waals surface area contributed by atoms with Crippen molar-refractivity contribution in [2.24, 2.45) is 0 Å². The van der Waals surface area contributed by atoms with Crippen molar-refractivity contribution in [3.05, 3.63) is 0 Å². The van der Waals surface area contributed by atoms with E-state index in [1.165, 1.54) is 12.8 Å². The Bertz CT molecular complexity index is 290. The van der Waals surface area contributed by atoms with Crippen LogP contribution in [0, 0.1) is 0 Å². The van der Waals surface area contributed by atoms with Gasteiger partial charge in [-0.05, 0) is 26.7 Å². The molecule has 2 atom stereocenters. The second-order valence-corrected chi connectivity index (χ2v) is 7.92. The molecule has 90 valence electrons. The summed E-state index contributed by atoms with van der Waals surface area (Å²) in [7, 11) is -3.13. The zero-order valence-corrected chi connectivity index (χ0v) is 11.8. The van der Waals surface area contributed by atoms with Gasteiger partial charge in [-0.1, -0.05) is 35.2 Å². The van der Waals surface area contributed by atoms with Crippen LogP contribution < -0.4 is 4.72 Å². The molecule has 0 radical (unpaired) electrons. The molecule has 2 unspecified atom stereocenters. The first-order chi connectivity index (χ1) is 6.93. The number of hydrogen-bond donors (Lipinski definition) is 1. The van der Waals surface area contributed by atoms with E-state index < -0.39 is 10.0 Å². The standard InChI is InChI=1S/C10H20BrNO2S/c1-8(2)15(13,14)12-10-7-5-3-4-6-9(10)11/h8-10,12H,3-7H2,1-2H3. The van der Waals surface area contributed by atoms with Crippen LogP contribution in [0.5, 0.6) is 0 Å². The van der Waals surface area contributed by atoms with E-state index in [1.807, 2.05) is 0 Å². The van der Waals surface area contributed by atoms with Gasteiger partial charge in [-0.2, -0.15) is 0 Å². The first-order valence-corrected chi connectivity index (χ1v) is 8.05. The Labute approximate surface area is 101 Å². The Kier molecular flexibility index (Phi) is 5.06. The largest absolute Gasteiger partial charge is 0.214 e. The second kappa shape index (κ2) is 5.64. The van der Waals surface area contributed by atoms with Gasteiger partial charge >= 0.3 is 0 Å². The Morgan fingerprint density at radius 2 is 1.80 bits per heavy atom. The van der Waals surface area contributed by atoms with Gasteiger partial charge in [0.25, 0.3) is 0 Å². The fourth-order valence-electron chi connectivity index (χ4n) is 1.74. The molecule has 0 amide bonds. The maximum atomic E-state index is 11.7. The van der Waals surface area contributed by atoms with Crippen LogP contribution >= 0.6 is 15.9 Å². The Morgan fingerprint density at radius 1 is 1.20 bits per heavy atom. The van der Waals surface area contributed by atoms with E-state index in [-0.39, 0.29) is 16.1 Å². The lowest BCUT2D eigenvalue weighted by Gasteiger charge is -2.22. The fraction of sp³-hybridized carbons (Fsp3) is 1.00. The van der Waals surface area contributed by atoms with Crippen molar-refractivity contribution in [3.8, 4) is 0 Å². The van der Waals surface area contributed by atoms with Gasteiger partial charge in [-0.25, -0.2) is 13.1 Å². The zero-order valence-electron chi connectivity index (χ0n) is 9.37. The third-order valence-electron chi connectivity index (χ3n) is 2.87. The highest BCUT2D eigenvalue weighted by Gasteiger charge is 2.27. The van der Waals surface area contributed by atoms with Gasteiger partial charge < -0.3 is 0 Å². The highest BCUT2D eigenvalue weighted by molar-refractivity contribution is 9.09. The normalized spacial score (nSPS) is 29.1. The highest BCUT2D eigenvalue weighted by Crippen LogP contribution is 2.24. The molecule has 0 heterocycles. The van der Waals surface area contributed by atoms with E-state index in [9.17, 15) is 8.42 Å². The number of rotatable bonds is 3. The predicted molar refractivity (Wildman–Crippen MR) is 66.8 cm³/mol. The lowest BCUT2D eigenvalue weighted by Crippen LogP contribution is -2.43. The zero-order chi connectivity index (χ0) is 11.5. The smallest absolute Gasteiger partial charge is 0.212 e. The Balaban J connectivity index is 2.63. The predicted octanol–water partition coefficient (Wildman–Crippen LogP) is 2.41. The SMILES string of the molecule is CC(C)S(=O)(=O)NC1CCCCCC1Br. The summed E-state index contributed by atoms with van der Waals surface area (Å²) in [6.07, 6.45) is 5.53. The summed E-state index contributed by atoms with van der Waals surface area (Å²) < 4.78 is 26.3. The molecular weight excluding hydrogens is 278 g/mol. The summed E-state index contributed by atoms with van der Waals surface area (Å²) in [5, 5.41) is -0.347. The van der Waals surface area contributed by atoms with Gasteiger partial charge in [0, 0.05) is 10.9 Å². The number of hydrogen-bond acceptors (Lipinski definition) is 2. The lowest BCUT2D eigenvalue weighted by atomic mass is 10.1. The van der Waals surface area contributed by atoms with Crippen molar-refractivity contribution in [2.45, 2.75) is 62.1 Å². The quantitative estimate of drug-likeness (QED) is 0.642. The van der Waals surface area contributed by atoms with Gasteiger partial charge in [-0.15, -0.1) is 0 Å². The van der Waals surface area contributed by atoms with Crippen LogP contribution in [0.1, 0.15) is 46.0 Å². The molecule has 0 spiro atoms. The van der Waals surface area contributed by atoms with Crippen molar-refractivity contribution in [1.82, 2.24) is 4.72 Å². The molecule has 1 saturated carbocycles. The van der Waals surface area contributed by atoms with Crippen LogP contribution in [-0.2, 0) is 10.0 Å². The van der Waals surface area contributed by atoms with Gasteiger partial charge in [0.2, 0.25) is 10.0 Å². The molecule has 15 heavy (non-hydrogen) atoms. The molecule has 5 heteroatoms. The minimum absolute atomic E-state index is 0.0694. The number of nitrogens with one attached hydrogen (secondary N) is 1. The van der Waals surface area contributed by atoms with Gasteiger partial charge in [0.1, 0.15) is 0 Å². The summed E-state index contributed by atoms with van der Waals surface area (Å²) in [5.74, 6) is 0. The fourth-order valence-corrected chi connectivity index (χ4v) is 3.61. The molecule has 1 rings (SSSR count). The van der Waals surface area contributed by atoms with Gasteiger partial charge in [-0.3, -0.25) is 0 Å². The van der Waals surface area contributed by atoms with Crippen LogP contribution in [0.2, 0.25) is 0 Å². The first kappa shape index (κ1) is 13.5. The van der Waals surface area contributed by atoms with Crippen molar-refractivity contribution in [2.75, 3.05) is 0 Å². The Hall–Kier alpha value is 0.390. The Morgan fingerprint density at radius 3 is 2.40 bits per heavy atom. The van der Waals surface area contributed by atoms with Crippen molar-refractivity contribution in [1.29, 1.82) is 0 Å². The monoisotopic (exact) mass is 297 g/mol. The molecule has 0 aromatic heterocycles. The summed E-state index contributed by atoms with van der Waals surface area (Å²) in [6, 6.07) is 0.0694. The van der Waals surface area contributed by atoms with E-state index in [0.717, 1.165) is 19.3 Å². The molecule has 1 N–H and O–H groups in total. The minimum Gasteiger partial charge on any atom is -0.212 e. The molecular formula is C10H20BrNO2S. The molecule has 1 aliphatic carbocycles. The van der Waals surface area contributed by atoms with Crippen LogP contribution in [0.15, 0.2) is 0 Å². The first-order valence-electron chi connectivity index (χ1n) is 5.58. The highest BCUT2D eigenvalue weighted by atomic mass is 79.9. The third-order valence-corrected chi connectivity index (χ3v) is 5.84. The molecule has 0 aromatic carbocycles. The summed E-state index contributed by atoms with van der Waals surface area (Å²) in [6.45, 7) is 3.42. The van der Waals surface area contributed by atoms with Gasteiger partial charge in [0.15, 0.2) is 0 Å². The van der Waals surface area contributed by atoms with E-state index in [1.54, 1.807) is 13.8 Å². The molecule has 0 aliphatic heterocycles. The van der Waals surface area contributed by atoms with Crippen LogP contribution in [0.25, 0.3) is 0 Å². The summed E-state index contributed by atoms with van der Waals surface area (Å²) in [4.78, 5) is 0.286. The lowest BCUT2D eigenvalue weighted by molar-refractivity contribution is 0.515. The molecule has 1 aliphatic rings. The van der Waals surface area contributed by atoms with Crippen molar-refractivity contribution >= 4 is 26.0 Å². The summed E-state index contributed by atoms with van der Waals surface area (Å²) >= 11 is 3.58. The molecule has 0 bridgehead atoms. The van der Waals surface area contributed by atoms with E-state index >= 15 is 0 Å². The number of halogens is 1. The van der Waals surface area contributed by atoms with Crippen LogP contribution in [0.4, 0.5) is 0 Å². The maximum absolute atomic E-state index is 11.7. The molecule has 0 aromatic rings. The van der Waals surface area contributed by atoms with Crippen LogP contribution in [-0.4, -0.2) is 24.5 Å². The van der Waals surface area contributed by atoms with Gasteiger partial charge in [0.05, 0.1) is 5.25 Å². The number of alkyl halides is 1.